The maximum atomic E-state index is 13.5. The molecule has 7 heteroatoms. The summed E-state index contributed by atoms with van der Waals surface area (Å²) in [7, 11) is -2.56. The van der Waals surface area contributed by atoms with Crippen molar-refractivity contribution in [2.24, 2.45) is 0 Å². The highest BCUT2D eigenvalue weighted by Gasteiger charge is 2.34. The van der Waals surface area contributed by atoms with Crippen LogP contribution in [-0.2, 0) is 9.84 Å². The Morgan fingerprint density at radius 2 is 1.55 bits per heavy atom. The molecule has 31 heavy (non-hydrogen) atoms. The van der Waals surface area contributed by atoms with Gasteiger partial charge in [0, 0.05) is 11.1 Å². The van der Waals surface area contributed by atoms with Gasteiger partial charge in [0.2, 0.25) is 15.6 Å². The second-order valence-electron chi connectivity index (χ2n) is 6.93. The highest BCUT2D eigenvalue weighted by molar-refractivity contribution is 7.91. The fourth-order valence-electron chi connectivity index (χ4n) is 3.16. The Bertz CT molecular complexity index is 1320. The van der Waals surface area contributed by atoms with Crippen LogP contribution in [0.3, 0.4) is 0 Å². The maximum absolute atomic E-state index is 13.5. The van der Waals surface area contributed by atoms with Crippen LogP contribution in [-0.4, -0.2) is 26.5 Å². The highest BCUT2D eigenvalue weighted by Crippen LogP contribution is 2.35. The third kappa shape index (κ3) is 3.87. The van der Waals surface area contributed by atoms with Crippen molar-refractivity contribution in [1.29, 1.82) is 0 Å². The van der Waals surface area contributed by atoms with E-state index in [-0.39, 0.29) is 26.8 Å². The van der Waals surface area contributed by atoms with Crippen LogP contribution in [0.15, 0.2) is 93.2 Å². The van der Waals surface area contributed by atoms with Gasteiger partial charge >= 0.3 is 0 Å². The summed E-state index contributed by atoms with van der Waals surface area (Å²) in [5.74, 6) is 0.0502. The van der Waals surface area contributed by atoms with Crippen LogP contribution >= 0.6 is 0 Å². The molecule has 1 heterocycles. The lowest BCUT2D eigenvalue weighted by molar-refractivity contribution is 0.102. The van der Waals surface area contributed by atoms with E-state index in [1.54, 1.807) is 54.6 Å². The largest absolute Gasteiger partial charge is 0.497 e. The van der Waals surface area contributed by atoms with E-state index in [1.165, 1.54) is 19.2 Å². The van der Waals surface area contributed by atoms with Crippen LogP contribution in [0.1, 0.15) is 21.6 Å². The third-order valence-electron chi connectivity index (χ3n) is 4.85. The average Bonchev–Trinajstić information content (AvgIpc) is 3.26. The molecule has 0 saturated heterocycles. The fourth-order valence-corrected chi connectivity index (χ4v) is 4.70. The molecule has 3 aromatic carbocycles. The van der Waals surface area contributed by atoms with Gasteiger partial charge in [0.15, 0.2) is 16.3 Å². The molecule has 6 nitrogen and oxygen atoms in total. The van der Waals surface area contributed by atoms with Gasteiger partial charge in [-0.2, -0.15) is 0 Å². The second-order valence-corrected chi connectivity index (χ2v) is 8.82. The first-order chi connectivity index (χ1) is 14.9. The molecule has 0 spiro atoms. The summed E-state index contributed by atoms with van der Waals surface area (Å²) in [6.45, 7) is 1.92. The van der Waals surface area contributed by atoms with Crippen LogP contribution in [0.4, 0.5) is 0 Å². The first kappa shape index (κ1) is 20.6. The minimum atomic E-state index is -4.08. The molecular weight excluding hydrogens is 414 g/mol. The van der Waals surface area contributed by atoms with E-state index in [2.05, 4.69) is 5.16 Å². The molecule has 0 radical (unpaired) electrons. The number of aromatic nitrogens is 1. The number of sulfone groups is 1. The Hall–Kier alpha value is -3.71. The molecule has 1 aromatic heterocycles. The summed E-state index contributed by atoms with van der Waals surface area (Å²) in [6, 6.07) is 21.4. The number of ether oxygens (including phenoxy) is 1. The molecule has 0 aliphatic carbocycles. The summed E-state index contributed by atoms with van der Waals surface area (Å²) in [5, 5.41) is 3.89. The van der Waals surface area contributed by atoms with Crippen LogP contribution in [0.25, 0.3) is 11.3 Å². The van der Waals surface area contributed by atoms with Gasteiger partial charge in [0.1, 0.15) is 5.75 Å². The van der Waals surface area contributed by atoms with Crippen molar-refractivity contribution in [2.45, 2.75) is 16.7 Å². The maximum Gasteiger partial charge on any atom is 0.216 e. The number of carbonyl (C=O) groups excluding carboxylic acids is 1. The van der Waals surface area contributed by atoms with Crippen LogP contribution in [0, 0.1) is 6.92 Å². The molecular formula is C24H19NO5S. The Morgan fingerprint density at radius 1 is 0.903 bits per heavy atom. The van der Waals surface area contributed by atoms with E-state index in [9.17, 15) is 13.2 Å². The monoisotopic (exact) mass is 433 g/mol. The van der Waals surface area contributed by atoms with Gasteiger partial charge in [0.25, 0.3) is 0 Å². The Labute approximate surface area is 180 Å². The minimum Gasteiger partial charge on any atom is -0.497 e. The number of hydrogen-bond acceptors (Lipinski definition) is 6. The normalized spacial score (nSPS) is 11.3. The van der Waals surface area contributed by atoms with E-state index in [4.69, 9.17) is 9.26 Å². The Morgan fingerprint density at radius 3 is 2.16 bits per heavy atom. The van der Waals surface area contributed by atoms with Gasteiger partial charge in [-0.3, -0.25) is 4.79 Å². The number of hydrogen-bond donors (Lipinski definition) is 0. The summed E-state index contributed by atoms with van der Waals surface area (Å²) in [6.07, 6.45) is 0. The average molecular weight is 433 g/mol. The number of rotatable bonds is 6. The topological polar surface area (TPSA) is 86.5 Å². The number of ketones is 1. The zero-order valence-electron chi connectivity index (χ0n) is 16.9. The van der Waals surface area contributed by atoms with E-state index in [0.717, 1.165) is 5.56 Å². The van der Waals surface area contributed by atoms with Crippen molar-refractivity contribution >= 4 is 15.6 Å². The lowest BCUT2D eigenvalue weighted by atomic mass is 10.1. The molecule has 0 N–H and O–H groups in total. The zero-order valence-corrected chi connectivity index (χ0v) is 17.7. The van der Waals surface area contributed by atoms with Crippen LogP contribution < -0.4 is 4.74 Å². The molecule has 0 bridgehead atoms. The molecule has 156 valence electrons. The summed E-state index contributed by atoms with van der Waals surface area (Å²) < 4.78 is 37.6. The Balaban J connectivity index is 1.92. The number of carbonyl (C=O) groups is 1. The quantitative estimate of drug-likeness (QED) is 0.409. The van der Waals surface area contributed by atoms with Crippen molar-refractivity contribution in [2.75, 3.05) is 7.11 Å². The van der Waals surface area contributed by atoms with Gasteiger partial charge in [-0.1, -0.05) is 53.2 Å². The van der Waals surface area contributed by atoms with Crippen molar-refractivity contribution in [1.82, 2.24) is 5.16 Å². The molecule has 0 amide bonds. The third-order valence-corrected chi connectivity index (χ3v) is 6.66. The number of methoxy groups -OCH3 is 1. The Kier molecular flexibility index (Phi) is 5.44. The lowest BCUT2D eigenvalue weighted by Gasteiger charge is -2.07. The summed E-state index contributed by atoms with van der Waals surface area (Å²) in [4.78, 5) is 13.0. The van der Waals surface area contributed by atoms with Gasteiger partial charge in [-0.25, -0.2) is 8.42 Å². The SMILES string of the molecule is COc1ccc(C(=O)c2noc(-c3ccc(C)cc3)c2S(=O)(=O)c2ccccc2)cc1. The van der Waals surface area contributed by atoms with Crippen molar-refractivity contribution in [3.8, 4) is 17.1 Å². The number of aryl methyl sites for hydroxylation is 1. The molecule has 0 unspecified atom stereocenters. The molecule has 0 atom stereocenters. The van der Waals surface area contributed by atoms with Crippen LogP contribution in [0.2, 0.25) is 0 Å². The van der Waals surface area contributed by atoms with Gasteiger partial charge in [-0.15, -0.1) is 0 Å². The van der Waals surface area contributed by atoms with E-state index < -0.39 is 15.6 Å². The number of benzene rings is 3. The van der Waals surface area contributed by atoms with Crippen LogP contribution in [0.5, 0.6) is 5.75 Å². The number of nitrogens with zero attached hydrogens (tertiary/aromatic N) is 1. The molecule has 0 aliphatic heterocycles. The summed E-state index contributed by atoms with van der Waals surface area (Å²) >= 11 is 0. The predicted octanol–water partition coefficient (Wildman–Crippen LogP) is 4.72. The predicted molar refractivity (Wildman–Crippen MR) is 115 cm³/mol. The van der Waals surface area contributed by atoms with Gasteiger partial charge < -0.3 is 9.26 Å². The first-order valence-electron chi connectivity index (χ1n) is 9.47. The highest BCUT2D eigenvalue weighted by atomic mass is 32.2. The van der Waals surface area contributed by atoms with Crippen molar-refractivity contribution in [3.63, 3.8) is 0 Å². The molecule has 4 aromatic rings. The van der Waals surface area contributed by atoms with Gasteiger partial charge in [-0.05, 0) is 43.3 Å². The van der Waals surface area contributed by atoms with Crippen molar-refractivity contribution in [3.05, 3.63) is 95.7 Å². The van der Waals surface area contributed by atoms with Crippen molar-refractivity contribution < 1.29 is 22.5 Å². The standard InChI is InChI=1S/C24H19NO5S/c1-16-8-10-18(11-9-16)23-24(31(27,28)20-6-4-3-5-7-20)21(25-30-23)22(26)17-12-14-19(29-2)15-13-17/h3-15H,1-2H3. The lowest BCUT2D eigenvalue weighted by Crippen LogP contribution is -2.11. The molecule has 0 fully saturated rings. The van der Waals surface area contributed by atoms with E-state index in [1.807, 2.05) is 19.1 Å². The van der Waals surface area contributed by atoms with Gasteiger partial charge in [0.05, 0.1) is 12.0 Å². The second kappa shape index (κ2) is 8.20. The zero-order chi connectivity index (χ0) is 22.0. The van der Waals surface area contributed by atoms with E-state index >= 15 is 0 Å². The molecule has 0 aliphatic rings. The minimum absolute atomic E-state index is 0.0284. The summed E-state index contributed by atoms with van der Waals surface area (Å²) in [5.41, 5.74) is 1.53. The molecule has 4 rings (SSSR count). The fraction of sp³-hybridized carbons (Fsp3) is 0.0833. The van der Waals surface area contributed by atoms with E-state index in [0.29, 0.717) is 11.3 Å². The first-order valence-corrected chi connectivity index (χ1v) is 11.0. The molecule has 0 saturated carbocycles. The smallest absolute Gasteiger partial charge is 0.216 e.